The Morgan fingerprint density at radius 1 is 1.22 bits per heavy atom. The Morgan fingerprint density at radius 2 is 1.83 bits per heavy atom. The predicted octanol–water partition coefficient (Wildman–Crippen LogP) is 1.36. The van der Waals surface area contributed by atoms with E-state index in [0.29, 0.717) is 17.6 Å². The van der Waals surface area contributed by atoms with E-state index in [1.807, 2.05) is 4.72 Å². The summed E-state index contributed by atoms with van der Waals surface area (Å²) in [5.74, 6) is -0.519. The molecule has 0 saturated heterocycles. The smallest absolute Gasteiger partial charge is 0.366 e. The topological polar surface area (TPSA) is 107 Å². The Balaban J connectivity index is 0.00000162. The van der Waals surface area contributed by atoms with E-state index in [1.54, 1.807) is 37.3 Å². The van der Waals surface area contributed by atoms with Gasteiger partial charge in [-0.15, -0.1) is 0 Å². The van der Waals surface area contributed by atoms with E-state index in [4.69, 9.17) is 4.18 Å². The monoisotopic (exact) mass is 270 g/mol. The molecular formula is C11H14N2O4S. The molecule has 4 N–H and O–H groups in total. The normalized spacial score (nSPS) is 17.5. The van der Waals surface area contributed by atoms with Crippen molar-refractivity contribution in [1.82, 2.24) is 10.9 Å². The summed E-state index contributed by atoms with van der Waals surface area (Å²) in [5, 5.41) is 0. The van der Waals surface area contributed by atoms with Gasteiger partial charge < -0.3 is 10.3 Å². The molecule has 0 aliphatic carbocycles. The molecule has 1 amide bonds. The van der Waals surface area contributed by atoms with E-state index in [-0.39, 0.29) is 11.9 Å². The van der Waals surface area contributed by atoms with Crippen molar-refractivity contribution in [2.24, 2.45) is 0 Å². The molecule has 1 heterocycles. The van der Waals surface area contributed by atoms with Crippen molar-refractivity contribution in [2.75, 3.05) is 0 Å². The van der Waals surface area contributed by atoms with Crippen LogP contribution in [0.4, 0.5) is 0 Å². The van der Waals surface area contributed by atoms with Gasteiger partial charge in [-0.05, 0) is 6.42 Å². The molecule has 7 heteroatoms. The third-order valence-electron chi connectivity index (χ3n) is 2.35. The SMILES string of the molecule is CCC1=C(c2ccccc2)OS(=O)(=O)NC1=O.N. The van der Waals surface area contributed by atoms with Gasteiger partial charge in [0.15, 0.2) is 5.76 Å². The van der Waals surface area contributed by atoms with Gasteiger partial charge in [0.2, 0.25) is 0 Å². The average Bonchev–Trinajstić information content (AvgIpc) is 2.28. The van der Waals surface area contributed by atoms with E-state index in [2.05, 4.69) is 0 Å². The summed E-state index contributed by atoms with van der Waals surface area (Å²) in [7, 11) is -4.03. The zero-order chi connectivity index (χ0) is 12.5. The molecule has 18 heavy (non-hydrogen) atoms. The second-order valence-electron chi connectivity index (χ2n) is 3.50. The van der Waals surface area contributed by atoms with E-state index in [1.165, 1.54) is 0 Å². The second kappa shape index (κ2) is 5.19. The molecule has 1 aliphatic rings. The summed E-state index contributed by atoms with van der Waals surface area (Å²) >= 11 is 0. The van der Waals surface area contributed by atoms with Crippen LogP contribution in [-0.2, 0) is 19.3 Å². The van der Waals surface area contributed by atoms with Gasteiger partial charge in [-0.25, -0.2) is 4.72 Å². The predicted molar refractivity (Wildman–Crippen MR) is 66.8 cm³/mol. The fourth-order valence-electron chi connectivity index (χ4n) is 1.59. The summed E-state index contributed by atoms with van der Waals surface area (Å²) in [4.78, 5) is 11.6. The van der Waals surface area contributed by atoms with Crippen LogP contribution in [-0.4, -0.2) is 14.3 Å². The maximum atomic E-state index is 11.6. The number of carbonyl (C=O) groups excluding carboxylic acids is 1. The van der Waals surface area contributed by atoms with Crippen molar-refractivity contribution in [3.8, 4) is 0 Å². The van der Waals surface area contributed by atoms with Crippen LogP contribution in [0.25, 0.3) is 5.76 Å². The van der Waals surface area contributed by atoms with Crippen molar-refractivity contribution >= 4 is 22.0 Å². The minimum absolute atomic E-state index is 0. The number of hydrogen-bond donors (Lipinski definition) is 2. The molecule has 1 aromatic rings. The second-order valence-corrected chi connectivity index (χ2v) is 4.77. The first-order chi connectivity index (χ1) is 8.03. The van der Waals surface area contributed by atoms with Crippen molar-refractivity contribution < 1.29 is 17.4 Å². The summed E-state index contributed by atoms with van der Waals surface area (Å²) in [5.41, 5.74) is 0.897. The standard InChI is InChI=1S/C11H11NO4S.H3N/c1-2-9-10(8-6-4-3-5-7-8)16-17(14,15)12-11(9)13;/h3-7H,2H2,1H3,(H,12,13);1H3. The van der Waals surface area contributed by atoms with Crippen LogP contribution in [0.1, 0.15) is 18.9 Å². The molecule has 0 bridgehead atoms. The van der Waals surface area contributed by atoms with E-state index >= 15 is 0 Å². The minimum Gasteiger partial charge on any atom is -0.366 e. The number of rotatable bonds is 2. The fraction of sp³-hybridized carbons (Fsp3) is 0.182. The van der Waals surface area contributed by atoms with Gasteiger partial charge in [-0.2, -0.15) is 8.42 Å². The highest BCUT2D eigenvalue weighted by Gasteiger charge is 2.30. The minimum atomic E-state index is -4.03. The average molecular weight is 270 g/mol. The van der Waals surface area contributed by atoms with E-state index in [0.717, 1.165) is 0 Å². The van der Waals surface area contributed by atoms with Crippen LogP contribution < -0.4 is 10.9 Å². The Morgan fingerprint density at radius 3 is 2.39 bits per heavy atom. The van der Waals surface area contributed by atoms with Crippen LogP contribution in [0.2, 0.25) is 0 Å². The van der Waals surface area contributed by atoms with E-state index in [9.17, 15) is 13.2 Å². The lowest BCUT2D eigenvalue weighted by molar-refractivity contribution is -0.116. The van der Waals surface area contributed by atoms with Crippen LogP contribution >= 0.6 is 0 Å². The molecule has 1 aliphatic heterocycles. The molecule has 0 fully saturated rings. The lowest BCUT2D eigenvalue weighted by Gasteiger charge is -2.20. The third kappa shape index (κ3) is 2.69. The molecule has 0 unspecified atom stereocenters. The number of nitrogens with one attached hydrogen (secondary N) is 1. The molecule has 0 aromatic heterocycles. The number of amides is 1. The molecule has 0 saturated carbocycles. The summed E-state index contributed by atoms with van der Waals surface area (Å²) in [6.45, 7) is 1.76. The summed E-state index contributed by atoms with van der Waals surface area (Å²) < 4.78 is 29.3. The number of carbonyl (C=O) groups is 1. The largest absolute Gasteiger partial charge is 0.410 e. The Kier molecular flexibility index (Phi) is 4.10. The first-order valence-corrected chi connectivity index (χ1v) is 6.49. The zero-order valence-corrected chi connectivity index (χ0v) is 10.7. The van der Waals surface area contributed by atoms with Gasteiger partial charge in [-0.3, -0.25) is 4.79 Å². The van der Waals surface area contributed by atoms with Crippen LogP contribution in [0, 0.1) is 0 Å². The highest BCUT2D eigenvalue weighted by Crippen LogP contribution is 2.27. The van der Waals surface area contributed by atoms with Crippen molar-refractivity contribution in [1.29, 1.82) is 0 Å². The van der Waals surface area contributed by atoms with Crippen LogP contribution in [0.15, 0.2) is 35.9 Å². The highest BCUT2D eigenvalue weighted by molar-refractivity contribution is 7.85. The van der Waals surface area contributed by atoms with Crippen molar-refractivity contribution in [2.45, 2.75) is 13.3 Å². The summed E-state index contributed by atoms with van der Waals surface area (Å²) in [6, 6.07) is 8.68. The molecule has 1 aromatic carbocycles. The lowest BCUT2D eigenvalue weighted by Crippen LogP contribution is -2.37. The van der Waals surface area contributed by atoms with Crippen molar-refractivity contribution in [3.05, 3.63) is 41.5 Å². The fourth-order valence-corrected chi connectivity index (χ4v) is 2.40. The van der Waals surface area contributed by atoms with Gasteiger partial charge in [0.05, 0.1) is 5.57 Å². The van der Waals surface area contributed by atoms with Crippen molar-refractivity contribution in [3.63, 3.8) is 0 Å². The van der Waals surface area contributed by atoms with Gasteiger partial charge in [0.25, 0.3) is 5.91 Å². The van der Waals surface area contributed by atoms with Crippen LogP contribution in [0.5, 0.6) is 0 Å². The molecule has 0 atom stereocenters. The van der Waals surface area contributed by atoms with Crippen LogP contribution in [0.3, 0.4) is 0 Å². The van der Waals surface area contributed by atoms with Gasteiger partial charge in [-0.1, -0.05) is 37.3 Å². The maximum absolute atomic E-state index is 11.6. The maximum Gasteiger partial charge on any atom is 0.410 e. The highest BCUT2D eigenvalue weighted by atomic mass is 32.2. The Bertz CT molecular complexity index is 578. The Labute approximate surface area is 105 Å². The molecular weight excluding hydrogens is 256 g/mol. The zero-order valence-electron chi connectivity index (χ0n) is 9.84. The summed E-state index contributed by atoms with van der Waals surface area (Å²) in [6.07, 6.45) is 0.394. The molecule has 2 rings (SSSR count). The first-order valence-electron chi connectivity index (χ1n) is 5.08. The first kappa shape index (κ1) is 14.2. The molecule has 0 spiro atoms. The van der Waals surface area contributed by atoms with Gasteiger partial charge >= 0.3 is 10.3 Å². The lowest BCUT2D eigenvalue weighted by atomic mass is 10.1. The Hall–Kier alpha value is -1.86. The molecule has 6 nitrogen and oxygen atoms in total. The molecule has 0 radical (unpaired) electrons. The number of hydrogen-bond acceptors (Lipinski definition) is 5. The number of benzene rings is 1. The molecule has 98 valence electrons. The quantitative estimate of drug-likeness (QED) is 0.843. The van der Waals surface area contributed by atoms with E-state index < -0.39 is 16.2 Å². The van der Waals surface area contributed by atoms with Gasteiger partial charge in [0.1, 0.15) is 0 Å². The third-order valence-corrected chi connectivity index (χ3v) is 3.17. The van der Waals surface area contributed by atoms with Gasteiger partial charge in [0, 0.05) is 5.56 Å².